The van der Waals surface area contributed by atoms with E-state index in [1.54, 1.807) is 55.5 Å². The zero-order valence-electron chi connectivity index (χ0n) is 18.3. The van der Waals surface area contributed by atoms with Crippen LogP contribution in [0.1, 0.15) is 32.2 Å². The van der Waals surface area contributed by atoms with E-state index in [1.165, 1.54) is 7.11 Å². The molecule has 3 rings (SSSR count). The van der Waals surface area contributed by atoms with E-state index in [1.807, 2.05) is 20.8 Å². The number of methoxy groups -OCH3 is 1. The van der Waals surface area contributed by atoms with Gasteiger partial charge in [-0.2, -0.15) is 12.7 Å². The molecule has 0 unspecified atom stereocenters. The first-order valence-electron chi connectivity index (χ1n) is 9.65. The van der Waals surface area contributed by atoms with Gasteiger partial charge in [0.05, 0.1) is 12.8 Å². The number of anilines is 2. The van der Waals surface area contributed by atoms with E-state index in [4.69, 9.17) is 21.1 Å². The molecular weight excluding hydrogens is 454 g/mol. The monoisotopic (exact) mass is 477 g/mol. The number of benzene rings is 2. The molecular formula is C22H24ClN3O5S. The van der Waals surface area contributed by atoms with Crippen molar-refractivity contribution in [2.75, 3.05) is 11.4 Å². The minimum absolute atomic E-state index is 0.127. The lowest BCUT2D eigenvalue weighted by Crippen LogP contribution is -2.27. The van der Waals surface area contributed by atoms with Gasteiger partial charge in [-0.25, -0.2) is 9.97 Å². The maximum absolute atomic E-state index is 12.5. The quantitative estimate of drug-likeness (QED) is 0.370. The molecule has 1 heterocycles. The lowest BCUT2D eigenvalue weighted by Gasteiger charge is -2.24. The Hall–Kier alpha value is -2.88. The van der Waals surface area contributed by atoms with Crippen LogP contribution in [0, 0.1) is 6.92 Å². The molecule has 0 saturated carbocycles. The number of aromatic nitrogens is 2. The third-order valence-corrected chi connectivity index (χ3v) is 5.69. The van der Waals surface area contributed by atoms with E-state index in [2.05, 4.69) is 9.97 Å². The van der Waals surface area contributed by atoms with Crippen LogP contribution in [-0.2, 0) is 15.7 Å². The molecule has 32 heavy (non-hydrogen) atoms. The molecule has 0 aliphatic carbocycles. The van der Waals surface area contributed by atoms with E-state index in [9.17, 15) is 13.0 Å². The summed E-state index contributed by atoms with van der Waals surface area (Å²) >= 11 is 6.33. The lowest BCUT2D eigenvalue weighted by atomic mass is 9.87. The van der Waals surface area contributed by atoms with Gasteiger partial charge in [-0.05, 0) is 42.2 Å². The van der Waals surface area contributed by atoms with Crippen molar-refractivity contribution in [1.29, 1.82) is 0 Å². The minimum atomic E-state index is -4.81. The molecule has 1 N–H and O–H groups in total. The van der Waals surface area contributed by atoms with Crippen LogP contribution in [0.15, 0.2) is 48.5 Å². The van der Waals surface area contributed by atoms with E-state index in [0.717, 1.165) is 5.56 Å². The average molecular weight is 478 g/mol. The fourth-order valence-corrected chi connectivity index (χ4v) is 3.99. The van der Waals surface area contributed by atoms with Gasteiger partial charge in [0.2, 0.25) is 5.75 Å². The summed E-state index contributed by atoms with van der Waals surface area (Å²) in [4.78, 5) is 8.30. The van der Waals surface area contributed by atoms with Crippen molar-refractivity contribution in [1.82, 2.24) is 9.97 Å². The van der Waals surface area contributed by atoms with Gasteiger partial charge in [0.1, 0.15) is 5.82 Å². The molecule has 3 aromatic rings. The second-order valence-corrected chi connectivity index (χ2v) is 9.63. The highest BCUT2D eigenvalue weighted by Crippen LogP contribution is 2.42. The molecule has 0 spiro atoms. The van der Waals surface area contributed by atoms with Crippen LogP contribution in [0.2, 0.25) is 5.15 Å². The van der Waals surface area contributed by atoms with Crippen molar-refractivity contribution < 1.29 is 22.4 Å². The fourth-order valence-electron chi connectivity index (χ4n) is 3.01. The molecule has 0 aliphatic heterocycles. The minimum Gasteiger partial charge on any atom is -0.493 e. The average Bonchev–Trinajstić information content (AvgIpc) is 2.69. The van der Waals surface area contributed by atoms with E-state index in [-0.39, 0.29) is 39.4 Å². The molecule has 0 bridgehead atoms. The SMILES string of the molecule is COc1ccccc1Oc1c(Cl)nc(C)nc1N(c1ccc(C(C)(C)C)cc1)S(=O)(=O)O. The summed E-state index contributed by atoms with van der Waals surface area (Å²) in [7, 11) is -3.34. The first kappa shape index (κ1) is 23.8. The highest BCUT2D eigenvalue weighted by atomic mass is 35.5. The smallest absolute Gasteiger partial charge is 0.365 e. The Bertz CT molecular complexity index is 1230. The summed E-state index contributed by atoms with van der Waals surface area (Å²) in [5, 5.41) is -0.127. The van der Waals surface area contributed by atoms with Crippen LogP contribution in [0.25, 0.3) is 0 Å². The third kappa shape index (κ3) is 5.12. The highest BCUT2D eigenvalue weighted by Gasteiger charge is 2.30. The van der Waals surface area contributed by atoms with Gasteiger partial charge in [-0.1, -0.05) is 56.6 Å². The van der Waals surface area contributed by atoms with Gasteiger partial charge >= 0.3 is 10.3 Å². The van der Waals surface area contributed by atoms with Gasteiger partial charge in [-0.15, -0.1) is 0 Å². The standard InChI is InChI=1S/C22H24ClN3O5S/c1-14-24-20(23)19(31-18-9-7-6-8-17(18)30-5)21(25-14)26(32(27,28)29)16-12-10-15(11-13-16)22(2,3)4/h6-13H,1-5H3,(H,27,28,29). The Labute approximate surface area is 192 Å². The summed E-state index contributed by atoms with van der Waals surface area (Å²) in [6.07, 6.45) is 0. The van der Waals surface area contributed by atoms with Crippen LogP contribution in [0.4, 0.5) is 11.5 Å². The molecule has 1 aromatic heterocycles. The summed E-state index contributed by atoms with van der Waals surface area (Å²) in [5.74, 6) is 0.461. The number of aryl methyl sites for hydroxylation is 1. The van der Waals surface area contributed by atoms with Crippen LogP contribution >= 0.6 is 11.6 Å². The lowest BCUT2D eigenvalue weighted by molar-refractivity contribution is 0.378. The van der Waals surface area contributed by atoms with Gasteiger partial charge in [0.15, 0.2) is 22.5 Å². The van der Waals surface area contributed by atoms with E-state index >= 15 is 0 Å². The Balaban J connectivity index is 2.20. The maximum atomic E-state index is 12.5. The number of halogens is 1. The molecule has 8 nitrogen and oxygen atoms in total. The second-order valence-electron chi connectivity index (χ2n) is 8.01. The number of hydrogen-bond acceptors (Lipinski definition) is 6. The maximum Gasteiger partial charge on any atom is 0.365 e. The van der Waals surface area contributed by atoms with Crippen LogP contribution in [-0.4, -0.2) is 30.0 Å². The zero-order chi connectivity index (χ0) is 23.7. The zero-order valence-corrected chi connectivity index (χ0v) is 19.9. The summed E-state index contributed by atoms with van der Waals surface area (Å²) < 4.78 is 46.9. The first-order valence-corrected chi connectivity index (χ1v) is 11.4. The van der Waals surface area contributed by atoms with E-state index < -0.39 is 10.3 Å². The fraction of sp³-hybridized carbons (Fsp3) is 0.273. The van der Waals surface area contributed by atoms with Gasteiger partial charge in [-0.3, -0.25) is 4.55 Å². The number of hydrogen-bond donors (Lipinski definition) is 1. The largest absolute Gasteiger partial charge is 0.493 e. The molecule has 10 heteroatoms. The van der Waals surface area contributed by atoms with Crippen molar-refractivity contribution in [2.24, 2.45) is 0 Å². The number of para-hydroxylation sites is 2. The molecule has 2 aromatic carbocycles. The summed E-state index contributed by atoms with van der Waals surface area (Å²) in [6, 6.07) is 13.5. The van der Waals surface area contributed by atoms with Crippen molar-refractivity contribution in [2.45, 2.75) is 33.1 Å². The topological polar surface area (TPSA) is 102 Å². The third-order valence-electron chi connectivity index (χ3n) is 4.59. The molecule has 0 saturated heterocycles. The Kier molecular flexibility index (Phi) is 6.64. The number of nitrogens with zero attached hydrogens (tertiary/aromatic N) is 3. The summed E-state index contributed by atoms with van der Waals surface area (Å²) in [5.41, 5.74) is 0.993. The number of ether oxygens (including phenoxy) is 2. The van der Waals surface area contributed by atoms with Crippen molar-refractivity contribution in [3.8, 4) is 17.2 Å². The Morgan fingerprint density at radius 2 is 1.59 bits per heavy atom. The molecule has 0 radical (unpaired) electrons. The normalized spacial score (nSPS) is 11.8. The van der Waals surface area contributed by atoms with Crippen LogP contribution in [0.5, 0.6) is 17.2 Å². The molecule has 0 aliphatic rings. The molecule has 0 amide bonds. The van der Waals surface area contributed by atoms with Gasteiger partial charge < -0.3 is 9.47 Å². The predicted octanol–water partition coefficient (Wildman–Crippen LogP) is 5.48. The molecule has 0 atom stereocenters. The van der Waals surface area contributed by atoms with Crippen molar-refractivity contribution in [3.63, 3.8) is 0 Å². The Morgan fingerprint density at radius 3 is 2.12 bits per heavy atom. The second kappa shape index (κ2) is 8.93. The van der Waals surface area contributed by atoms with E-state index in [0.29, 0.717) is 10.1 Å². The van der Waals surface area contributed by atoms with Crippen molar-refractivity contribution in [3.05, 3.63) is 65.1 Å². The molecule has 0 fully saturated rings. The van der Waals surface area contributed by atoms with Crippen LogP contribution in [0.3, 0.4) is 0 Å². The van der Waals surface area contributed by atoms with Gasteiger partial charge in [0, 0.05) is 0 Å². The van der Waals surface area contributed by atoms with Crippen molar-refractivity contribution >= 4 is 33.4 Å². The summed E-state index contributed by atoms with van der Waals surface area (Å²) in [6.45, 7) is 7.66. The Morgan fingerprint density at radius 1 is 1.00 bits per heavy atom. The number of rotatable bonds is 6. The highest BCUT2D eigenvalue weighted by molar-refractivity contribution is 7.87. The van der Waals surface area contributed by atoms with Gasteiger partial charge in [0.25, 0.3) is 0 Å². The molecule has 170 valence electrons. The predicted molar refractivity (Wildman–Crippen MR) is 124 cm³/mol. The van der Waals surface area contributed by atoms with Crippen LogP contribution < -0.4 is 13.8 Å². The first-order chi connectivity index (χ1) is 14.9.